The molecule has 17 heavy (non-hydrogen) atoms. The van der Waals surface area contributed by atoms with Gasteiger partial charge in [-0.05, 0) is 38.4 Å². The Kier molecular flexibility index (Phi) is 4.09. The van der Waals surface area contributed by atoms with Gasteiger partial charge in [-0.1, -0.05) is 12.5 Å². The number of amides is 1. The lowest BCUT2D eigenvalue weighted by Gasteiger charge is -2.24. The van der Waals surface area contributed by atoms with Gasteiger partial charge in [0.05, 0.1) is 17.8 Å². The van der Waals surface area contributed by atoms with E-state index in [1.165, 1.54) is 6.42 Å². The Morgan fingerprint density at radius 2 is 2.41 bits per heavy atom. The summed E-state index contributed by atoms with van der Waals surface area (Å²) in [7, 11) is 0. The summed E-state index contributed by atoms with van der Waals surface area (Å²) in [6, 6.07) is 5.67. The van der Waals surface area contributed by atoms with E-state index in [9.17, 15) is 4.79 Å². The van der Waals surface area contributed by atoms with Crippen LogP contribution in [0.2, 0.25) is 0 Å². The minimum Gasteiger partial charge on any atom is -0.347 e. The molecule has 1 aliphatic heterocycles. The van der Waals surface area contributed by atoms with Crippen LogP contribution in [0.4, 0.5) is 0 Å². The highest BCUT2D eigenvalue weighted by molar-refractivity contribution is 5.82. The molecule has 2 N–H and O–H groups in total. The number of hydrogen-bond acceptors (Lipinski definition) is 3. The Balaban J connectivity index is 1.89. The van der Waals surface area contributed by atoms with Crippen molar-refractivity contribution >= 4 is 5.91 Å². The van der Waals surface area contributed by atoms with Gasteiger partial charge in [-0.25, -0.2) is 0 Å². The SMILES string of the molecule is CC(NC(=O)C1CCCCN1)c1ccccn1. The van der Waals surface area contributed by atoms with Crippen LogP contribution in [-0.2, 0) is 4.79 Å². The van der Waals surface area contributed by atoms with Crippen LogP contribution in [0.3, 0.4) is 0 Å². The monoisotopic (exact) mass is 233 g/mol. The van der Waals surface area contributed by atoms with Gasteiger partial charge in [0.25, 0.3) is 0 Å². The first-order chi connectivity index (χ1) is 8.27. The quantitative estimate of drug-likeness (QED) is 0.829. The molecule has 2 atom stereocenters. The summed E-state index contributed by atoms with van der Waals surface area (Å²) in [5, 5.41) is 6.25. The molecule has 0 aromatic carbocycles. The molecule has 1 aromatic rings. The molecular formula is C13H19N3O. The van der Waals surface area contributed by atoms with Gasteiger partial charge in [0.15, 0.2) is 0 Å². The summed E-state index contributed by atoms with van der Waals surface area (Å²) in [5.41, 5.74) is 0.900. The van der Waals surface area contributed by atoms with Crippen molar-refractivity contribution in [3.8, 4) is 0 Å². The molecule has 2 heterocycles. The smallest absolute Gasteiger partial charge is 0.237 e. The molecular weight excluding hydrogens is 214 g/mol. The zero-order valence-corrected chi connectivity index (χ0v) is 10.1. The number of hydrogen-bond donors (Lipinski definition) is 2. The largest absolute Gasteiger partial charge is 0.347 e. The second-order valence-corrected chi connectivity index (χ2v) is 4.49. The number of pyridine rings is 1. The van der Waals surface area contributed by atoms with Gasteiger partial charge in [0, 0.05) is 6.20 Å². The number of rotatable bonds is 3. The van der Waals surface area contributed by atoms with E-state index in [-0.39, 0.29) is 18.0 Å². The molecule has 1 aliphatic rings. The van der Waals surface area contributed by atoms with Crippen LogP contribution in [-0.4, -0.2) is 23.5 Å². The maximum Gasteiger partial charge on any atom is 0.237 e. The Morgan fingerprint density at radius 1 is 1.53 bits per heavy atom. The zero-order chi connectivity index (χ0) is 12.1. The molecule has 0 bridgehead atoms. The third-order valence-corrected chi connectivity index (χ3v) is 3.12. The molecule has 0 spiro atoms. The number of carbonyl (C=O) groups is 1. The van der Waals surface area contributed by atoms with E-state index >= 15 is 0 Å². The molecule has 92 valence electrons. The highest BCUT2D eigenvalue weighted by Gasteiger charge is 2.22. The second-order valence-electron chi connectivity index (χ2n) is 4.49. The van der Waals surface area contributed by atoms with Gasteiger partial charge in [-0.3, -0.25) is 9.78 Å². The maximum absolute atomic E-state index is 12.0. The lowest BCUT2D eigenvalue weighted by Crippen LogP contribution is -2.47. The molecule has 0 aliphatic carbocycles. The molecule has 1 aromatic heterocycles. The van der Waals surface area contributed by atoms with Crippen molar-refractivity contribution < 1.29 is 4.79 Å². The van der Waals surface area contributed by atoms with Crippen molar-refractivity contribution in [1.29, 1.82) is 0 Å². The van der Waals surface area contributed by atoms with Crippen LogP contribution in [0.15, 0.2) is 24.4 Å². The average Bonchev–Trinajstić information content (AvgIpc) is 2.40. The van der Waals surface area contributed by atoms with Gasteiger partial charge in [0.2, 0.25) is 5.91 Å². The van der Waals surface area contributed by atoms with Crippen LogP contribution >= 0.6 is 0 Å². The summed E-state index contributed by atoms with van der Waals surface area (Å²) in [6.45, 7) is 2.90. The molecule has 0 saturated carbocycles. The number of nitrogens with zero attached hydrogens (tertiary/aromatic N) is 1. The van der Waals surface area contributed by atoms with Gasteiger partial charge in [-0.15, -0.1) is 0 Å². The fourth-order valence-corrected chi connectivity index (χ4v) is 2.10. The summed E-state index contributed by atoms with van der Waals surface area (Å²) in [5.74, 6) is 0.0860. The van der Waals surface area contributed by atoms with E-state index in [1.807, 2.05) is 25.1 Å². The first-order valence-electron chi connectivity index (χ1n) is 6.22. The molecule has 0 radical (unpaired) electrons. The summed E-state index contributed by atoms with van der Waals surface area (Å²) >= 11 is 0. The molecule has 1 amide bonds. The normalized spacial score (nSPS) is 21.8. The standard InChI is InChI=1S/C13H19N3O/c1-10(11-6-2-4-8-14-11)16-13(17)12-7-3-5-9-15-12/h2,4,6,8,10,12,15H,3,5,7,9H2,1H3,(H,16,17). The van der Waals surface area contributed by atoms with Crippen molar-refractivity contribution in [2.24, 2.45) is 0 Å². The molecule has 1 saturated heterocycles. The predicted molar refractivity (Wildman–Crippen MR) is 66.4 cm³/mol. The fraction of sp³-hybridized carbons (Fsp3) is 0.538. The first-order valence-corrected chi connectivity index (χ1v) is 6.22. The zero-order valence-electron chi connectivity index (χ0n) is 10.1. The van der Waals surface area contributed by atoms with Crippen molar-refractivity contribution in [3.63, 3.8) is 0 Å². The van der Waals surface area contributed by atoms with Gasteiger partial charge >= 0.3 is 0 Å². The minimum absolute atomic E-state index is 0.0325. The van der Waals surface area contributed by atoms with Crippen LogP contribution in [0.5, 0.6) is 0 Å². The lowest BCUT2D eigenvalue weighted by molar-refractivity contribution is -0.124. The highest BCUT2D eigenvalue weighted by atomic mass is 16.2. The van der Waals surface area contributed by atoms with Crippen LogP contribution in [0, 0.1) is 0 Å². The third kappa shape index (κ3) is 3.27. The van der Waals surface area contributed by atoms with Gasteiger partial charge in [-0.2, -0.15) is 0 Å². The Morgan fingerprint density at radius 3 is 3.06 bits per heavy atom. The molecule has 2 unspecified atom stereocenters. The van der Waals surface area contributed by atoms with E-state index in [0.717, 1.165) is 25.1 Å². The average molecular weight is 233 g/mol. The lowest BCUT2D eigenvalue weighted by atomic mass is 10.0. The van der Waals surface area contributed by atoms with Crippen molar-refractivity contribution in [2.75, 3.05) is 6.54 Å². The predicted octanol–water partition coefficient (Wildman–Crippen LogP) is 1.40. The first kappa shape index (κ1) is 12.0. The Labute approximate surface area is 102 Å². The van der Waals surface area contributed by atoms with Crippen molar-refractivity contribution in [3.05, 3.63) is 30.1 Å². The third-order valence-electron chi connectivity index (χ3n) is 3.12. The number of nitrogens with one attached hydrogen (secondary N) is 2. The number of carbonyl (C=O) groups excluding carboxylic acids is 1. The van der Waals surface area contributed by atoms with E-state index in [0.29, 0.717) is 0 Å². The summed E-state index contributed by atoms with van der Waals surface area (Å²) in [4.78, 5) is 16.2. The Bertz CT molecular complexity index is 360. The van der Waals surface area contributed by atoms with E-state index < -0.39 is 0 Å². The van der Waals surface area contributed by atoms with Gasteiger partial charge in [0.1, 0.15) is 0 Å². The van der Waals surface area contributed by atoms with Crippen LogP contribution in [0.25, 0.3) is 0 Å². The maximum atomic E-state index is 12.0. The van der Waals surface area contributed by atoms with E-state index in [1.54, 1.807) is 6.20 Å². The molecule has 4 nitrogen and oxygen atoms in total. The molecule has 2 rings (SSSR count). The van der Waals surface area contributed by atoms with E-state index in [2.05, 4.69) is 15.6 Å². The van der Waals surface area contributed by atoms with Crippen LogP contribution < -0.4 is 10.6 Å². The molecule has 4 heteroatoms. The Hall–Kier alpha value is -1.42. The van der Waals surface area contributed by atoms with E-state index in [4.69, 9.17) is 0 Å². The summed E-state index contributed by atoms with van der Waals surface area (Å²) < 4.78 is 0. The number of aromatic nitrogens is 1. The van der Waals surface area contributed by atoms with Gasteiger partial charge < -0.3 is 10.6 Å². The topological polar surface area (TPSA) is 54.0 Å². The van der Waals surface area contributed by atoms with Crippen molar-refractivity contribution in [2.45, 2.75) is 38.3 Å². The minimum atomic E-state index is -0.0348. The fourth-order valence-electron chi connectivity index (χ4n) is 2.10. The molecule has 1 fully saturated rings. The van der Waals surface area contributed by atoms with Crippen molar-refractivity contribution in [1.82, 2.24) is 15.6 Å². The number of piperidine rings is 1. The van der Waals surface area contributed by atoms with Crippen LogP contribution in [0.1, 0.15) is 37.9 Å². The second kappa shape index (κ2) is 5.77. The highest BCUT2D eigenvalue weighted by Crippen LogP contribution is 2.11. The summed E-state index contributed by atoms with van der Waals surface area (Å²) in [6.07, 6.45) is 4.97.